The number of benzene rings is 7. The summed E-state index contributed by atoms with van der Waals surface area (Å²) in [4.78, 5) is 5.06. The van der Waals surface area contributed by atoms with Gasteiger partial charge in [0, 0.05) is 46.1 Å². The van der Waals surface area contributed by atoms with Gasteiger partial charge in [-0.25, -0.2) is 0 Å². The first kappa shape index (κ1) is 45.6. The quantitative estimate of drug-likeness (QED) is 0.164. The van der Waals surface area contributed by atoms with Crippen molar-refractivity contribution in [3.63, 3.8) is 0 Å². The lowest BCUT2D eigenvalue weighted by atomic mass is 9.33. The fourth-order valence-electron chi connectivity index (χ4n) is 10.7. The summed E-state index contributed by atoms with van der Waals surface area (Å²) < 4.78 is 9.59. The molecule has 0 saturated heterocycles. The Morgan fingerprint density at radius 2 is 0.941 bits per heavy atom. The topological polar surface area (TPSA) is 20.6 Å². The van der Waals surface area contributed by atoms with E-state index < -0.39 is 0 Å². The van der Waals surface area contributed by atoms with Gasteiger partial charge in [-0.15, -0.1) is 0 Å². The van der Waals surface area contributed by atoms with Crippen LogP contribution in [0.1, 0.15) is 132 Å². The minimum Gasteiger partial charge on any atom is -0.458 e. The molecular formula is C63H70BN3O. The molecule has 0 fully saturated rings. The van der Waals surface area contributed by atoms with Gasteiger partial charge in [0.25, 0.3) is 6.71 Å². The Hall–Kier alpha value is -6.20. The monoisotopic (exact) mass is 896 g/mol. The highest BCUT2D eigenvalue weighted by Gasteiger charge is 2.44. The first-order chi connectivity index (χ1) is 31.8. The Kier molecular flexibility index (Phi) is 10.3. The van der Waals surface area contributed by atoms with Crippen molar-refractivity contribution in [1.82, 2.24) is 4.57 Å². The molecule has 0 atom stereocenters. The van der Waals surface area contributed by atoms with Gasteiger partial charge in [-0.1, -0.05) is 171 Å². The first-order valence-corrected chi connectivity index (χ1v) is 24.8. The van der Waals surface area contributed by atoms with Crippen LogP contribution < -0.4 is 30.9 Å². The lowest BCUT2D eigenvalue weighted by Crippen LogP contribution is -2.60. The molecule has 0 amide bonds. The molecule has 8 aromatic rings. The first-order valence-electron chi connectivity index (χ1n) is 24.8. The zero-order valence-electron chi connectivity index (χ0n) is 43.5. The molecule has 68 heavy (non-hydrogen) atoms. The van der Waals surface area contributed by atoms with Crippen molar-refractivity contribution < 1.29 is 4.74 Å². The summed E-state index contributed by atoms with van der Waals surface area (Å²) in [5.41, 5.74) is 19.4. The summed E-state index contributed by atoms with van der Waals surface area (Å²) in [5, 5.41) is 2.44. The van der Waals surface area contributed by atoms with Crippen LogP contribution in [-0.4, -0.2) is 11.3 Å². The molecule has 7 aromatic carbocycles. The van der Waals surface area contributed by atoms with E-state index in [0.717, 1.165) is 34.2 Å². The number of ether oxygens (including phenoxy) is 1. The summed E-state index contributed by atoms with van der Waals surface area (Å²) in [6.07, 6.45) is 0. The van der Waals surface area contributed by atoms with Crippen LogP contribution in [0.2, 0.25) is 0 Å². The van der Waals surface area contributed by atoms with E-state index in [0.29, 0.717) is 0 Å². The molecule has 5 heteroatoms. The zero-order valence-corrected chi connectivity index (χ0v) is 43.5. The predicted octanol–water partition coefficient (Wildman–Crippen LogP) is 15.7. The van der Waals surface area contributed by atoms with E-state index in [2.05, 4.69) is 259 Å². The number of anilines is 6. The normalized spacial score (nSPS) is 13.9. The van der Waals surface area contributed by atoms with Crippen LogP contribution in [0.15, 0.2) is 133 Å². The van der Waals surface area contributed by atoms with E-state index in [4.69, 9.17) is 4.74 Å². The Labute approximate surface area is 407 Å². The van der Waals surface area contributed by atoms with E-state index in [1.165, 1.54) is 77.4 Å². The van der Waals surface area contributed by atoms with Crippen molar-refractivity contribution >= 4 is 79.0 Å². The van der Waals surface area contributed by atoms with Crippen LogP contribution >= 0.6 is 0 Å². The average molecular weight is 896 g/mol. The summed E-state index contributed by atoms with van der Waals surface area (Å²) in [7, 11) is 2.25. The number of hydrogen-bond acceptors (Lipinski definition) is 3. The lowest BCUT2D eigenvalue weighted by Gasteiger charge is -2.42. The van der Waals surface area contributed by atoms with Gasteiger partial charge in [-0.2, -0.15) is 0 Å². The van der Waals surface area contributed by atoms with Crippen LogP contribution in [0, 0.1) is 0 Å². The maximum absolute atomic E-state index is 7.15. The number of rotatable bonds is 4. The Balaban J connectivity index is 1.30. The second kappa shape index (κ2) is 15.4. The molecule has 0 spiro atoms. The third-order valence-electron chi connectivity index (χ3n) is 14.8. The number of fused-ring (bicyclic) bond motifs is 7. The molecule has 3 heterocycles. The van der Waals surface area contributed by atoms with Gasteiger partial charge in [0.2, 0.25) is 0 Å². The molecule has 2 aliphatic heterocycles. The highest BCUT2D eigenvalue weighted by molar-refractivity contribution is 6.99. The Morgan fingerprint density at radius 3 is 1.50 bits per heavy atom. The number of para-hydroxylation sites is 1. The standard InChI is InChI=1S/C63H70BN3O/c1-59(2,3)39-21-27-44(28-22-39)66(45-29-23-40(24-30-45)60(4,5)6)51-32-33-52(58-56(51)46-19-17-18-20-49(46)65(58)16)67-50-31-25-41(61(7,8)9)35-47(50)64-48-36-42(62(10,11)12)26-34-54(48)68-55-38-43(63(13,14)15)37-53(67)57(55)64/h17-38H,1-16H3. The van der Waals surface area contributed by atoms with Crippen molar-refractivity contribution in [3.8, 4) is 11.5 Å². The molecule has 2 aliphatic rings. The molecule has 0 unspecified atom stereocenters. The van der Waals surface area contributed by atoms with Crippen molar-refractivity contribution in [3.05, 3.63) is 161 Å². The van der Waals surface area contributed by atoms with Crippen LogP contribution in [0.3, 0.4) is 0 Å². The fraction of sp³-hybridized carbons (Fsp3) is 0.333. The molecule has 0 bridgehead atoms. The fourth-order valence-corrected chi connectivity index (χ4v) is 10.7. The summed E-state index contributed by atoms with van der Waals surface area (Å²) >= 11 is 0. The zero-order chi connectivity index (χ0) is 48.6. The minimum atomic E-state index is -0.132. The molecule has 346 valence electrons. The highest BCUT2D eigenvalue weighted by atomic mass is 16.5. The van der Waals surface area contributed by atoms with Gasteiger partial charge in [-0.05, 0) is 138 Å². The third kappa shape index (κ3) is 7.52. The Bertz CT molecular complexity index is 3230. The van der Waals surface area contributed by atoms with Crippen molar-refractivity contribution in [2.24, 2.45) is 7.05 Å². The SMILES string of the molecule is Cn1c2ccccc2c2c(N(c3ccc(C(C)(C)C)cc3)c3ccc(C(C)(C)C)cc3)ccc(N3c4ccc(C(C)(C)C)cc4B4c5cc(C(C)(C)C)ccc5Oc5cc(C(C)(C)C)cc3c54)c21. The van der Waals surface area contributed by atoms with Crippen molar-refractivity contribution in [2.45, 2.75) is 131 Å². The van der Waals surface area contributed by atoms with Crippen molar-refractivity contribution in [2.75, 3.05) is 9.80 Å². The highest BCUT2D eigenvalue weighted by Crippen LogP contribution is 2.51. The van der Waals surface area contributed by atoms with E-state index in [9.17, 15) is 0 Å². The number of aryl methyl sites for hydroxylation is 1. The predicted molar refractivity (Wildman–Crippen MR) is 294 cm³/mol. The van der Waals surface area contributed by atoms with Crippen LogP contribution in [0.25, 0.3) is 21.8 Å². The van der Waals surface area contributed by atoms with Gasteiger partial charge < -0.3 is 19.1 Å². The largest absolute Gasteiger partial charge is 0.458 e. The summed E-state index contributed by atoms with van der Waals surface area (Å²) in [6, 6.07) is 51.2. The number of aromatic nitrogens is 1. The van der Waals surface area contributed by atoms with Crippen LogP contribution in [-0.2, 0) is 34.1 Å². The minimum absolute atomic E-state index is 0.0153. The molecular weight excluding hydrogens is 826 g/mol. The van der Waals surface area contributed by atoms with Gasteiger partial charge >= 0.3 is 0 Å². The second-order valence-corrected chi connectivity index (χ2v) is 24.9. The smallest absolute Gasteiger partial charge is 0.256 e. The van der Waals surface area contributed by atoms with Gasteiger partial charge in [0.05, 0.1) is 16.9 Å². The molecule has 1 aromatic heterocycles. The lowest BCUT2D eigenvalue weighted by molar-refractivity contribution is 0.482. The maximum Gasteiger partial charge on any atom is 0.256 e. The molecule has 0 saturated carbocycles. The molecule has 0 N–H and O–H groups in total. The summed E-state index contributed by atoms with van der Waals surface area (Å²) in [5.74, 6) is 1.89. The summed E-state index contributed by atoms with van der Waals surface area (Å²) in [6.45, 7) is 34.6. The Morgan fingerprint density at radius 1 is 0.441 bits per heavy atom. The molecule has 10 rings (SSSR count). The van der Waals surface area contributed by atoms with E-state index in [1.807, 2.05) is 0 Å². The molecule has 0 aliphatic carbocycles. The van der Waals surface area contributed by atoms with Crippen LogP contribution in [0.4, 0.5) is 34.1 Å². The third-order valence-corrected chi connectivity index (χ3v) is 14.8. The van der Waals surface area contributed by atoms with Gasteiger partial charge in [-0.3, -0.25) is 0 Å². The van der Waals surface area contributed by atoms with Crippen LogP contribution in [0.5, 0.6) is 11.5 Å². The van der Waals surface area contributed by atoms with Gasteiger partial charge in [0.1, 0.15) is 11.5 Å². The van der Waals surface area contributed by atoms with Gasteiger partial charge in [0.15, 0.2) is 0 Å². The molecule has 0 radical (unpaired) electrons. The number of nitrogens with zero attached hydrogens (tertiary/aromatic N) is 3. The van der Waals surface area contributed by atoms with E-state index in [1.54, 1.807) is 0 Å². The van der Waals surface area contributed by atoms with Crippen molar-refractivity contribution in [1.29, 1.82) is 0 Å². The second-order valence-electron chi connectivity index (χ2n) is 24.9. The average Bonchev–Trinajstić information content (AvgIpc) is 3.57. The van der Waals surface area contributed by atoms with E-state index >= 15 is 0 Å². The molecule has 4 nitrogen and oxygen atoms in total. The maximum atomic E-state index is 7.15. The van der Waals surface area contributed by atoms with E-state index in [-0.39, 0.29) is 33.8 Å². The number of hydrogen-bond donors (Lipinski definition) is 0.